The first-order valence-electron chi connectivity index (χ1n) is 9.44. The van der Waals surface area contributed by atoms with Crippen LogP contribution in [0, 0.1) is 0 Å². The minimum absolute atomic E-state index is 0.921. The molecule has 28 heavy (non-hydrogen) atoms. The first kappa shape index (κ1) is 14.4. The van der Waals surface area contributed by atoms with Crippen molar-refractivity contribution in [3.8, 4) is 0 Å². The lowest BCUT2D eigenvalue weighted by molar-refractivity contribution is 0.667. The average Bonchev–Trinajstić information content (AvgIpc) is 3.37. The van der Waals surface area contributed by atoms with Gasteiger partial charge in [0.05, 0.1) is 11.0 Å². The van der Waals surface area contributed by atoms with Gasteiger partial charge in [0.15, 0.2) is 11.2 Å². The highest BCUT2D eigenvalue weighted by atomic mass is 16.3. The molecule has 3 nitrogen and oxygen atoms in total. The van der Waals surface area contributed by atoms with Gasteiger partial charge in [-0.3, -0.25) is 0 Å². The number of hydrogen-bond acceptors (Lipinski definition) is 2. The Hall–Kier alpha value is -3.72. The quantitative estimate of drug-likeness (QED) is 0.288. The zero-order valence-electron chi connectivity index (χ0n) is 15.2. The molecule has 0 saturated heterocycles. The van der Waals surface area contributed by atoms with Gasteiger partial charge in [-0.15, -0.1) is 0 Å². The molecular formula is C25H15NO2. The average molecular weight is 361 g/mol. The van der Waals surface area contributed by atoms with Crippen LogP contribution in [0.1, 0.15) is 0 Å². The third-order valence-electron chi connectivity index (χ3n) is 6.00. The summed E-state index contributed by atoms with van der Waals surface area (Å²) in [7, 11) is 2.10. The van der Waals surface area contributed by atoms with Crippen molar-refractivity contribution < 1.29 is 8.83 Å². The van der Waals surface area contributed by atoms with Crippen molar-refractivity contribution in [2.45, 2.75) is 0 Å². The molecule has 0 aliphatic heterocycles. The number of aromatic nitrogens is 1. The molecule has 0 fully saturated rings. The molecule has 0 aliphatic carbocycles. The third-order valence-corrected chi connectivity index (χ3v) is 6.00. The van der Waals surface area contributed by atoms with E-state index in [1.165, 1.54) is 10.8 Å². The van der Waals surface area contributed by atoms with E-state index in [0.717, 1.165) is 54.9 Å². The molecule has 0 bridgehead atoms. The summed E-state index contributed by atoms with van der Waals surface area (Å²) in [5.41, 5.74) is 5.92. The summed E-state index contributed by atoms with van der Waals surface area (Å²) >= 11 is 0. The zero-order valence-corrected chi connectivity index (χ0v) is 15.2. The monoisotopic (exact) mass is 361 g/mol. The Morgan fingerprint density at radius 1 is 0.500 bits per heavy atom. The summed E-state index contributed by atoms with van der Waals surface area (Å²) < 4.78 is 14.8. The molecular weight excluding hydrogens is 346 g/mol. The number of aryl methyl sites for hydroxylation is 1. The molecule has 0 radical (unpaired) electrons. The van der Waals surface area contributed by atoms with Gasteiger partial charge in [0, 0.05) is 39.4 Å². The van der Waals surface area contributed by atoms with E-state index in [4.69, 9.17) is 8.83 Å². The minimum Gasteiger partial charge on any atom is -0.454 e. The van der Waals surface area contributed by atoms with Crippen LogP contribution in [-0.2, 0) is 7.05 Å². The fourth-order valence-corrected chi connectivity index (χ4v) is 4.76. The highest BCUT2D eigenvalue weighted by molar-refractivity contribution is 6.25. The lowest BCUT2D eigenvalue weighted by Crippen LogP contribution is -1.87. The lowest BCUT2D eigenvalue weighted by Gasteiger charge is -1.99. The highest BCUT2D eigenvalue weighted by Gasteiger charge is 2.19. The van der Waals surface area contributed by atoms with Crippen LogP contribution in [0.15, 0.2) is 81.6 Å². The van der Waals surface area contributed by atoms with E-state index in [1.807, 2.05) is 24.3 Å². The molecule has 7 rings (SSSR count). The topological polar surface area (TPSA) is 31.2 Å². The maximum atomic E-state index is 6.30. The molecule has 0 N–H and O–H groups in total. The van der Waals surface area contributed by atoms with Crippen molar-refractivity contribution in [2.24, 2.45) is 7.05 Å². The fraction of sp³-hybridized carbons (Fsp3) is 0.0400. The Kier molecular flexibility index (Phi) is 2.44. The molecule has 3 heterocycles. The van der Waals surface area contributed by atoms with Crippen molar-refractivity contribution in [1.82, 2.24) is 4.57 Å². The Labute approximate surface area is 159 Å². The first-order valence-corrected chi connectivity index (χ1v) is 9.44. The normalized spacial score (nSPS) is 12.5. The summed E-state index contributed by atoms with van der Waals surface area (Å²) in [6, 6.07) is 25.2. The summed E-state index contributed by atoms with van der Waals surface area (Å²) in [6.45, 7) is 0. The smallest absolute Gasteiger partial charge is 0.159 e. The molecule has 0 atom stereocenters. The second-order valence-electron chi connectivity index (χ2n) is 7.43. The Morgan fingerprint density at radius 3 is 1.43 bits per heavy atom. The van der Waals surface area contributed by atoms with E-state index in [-0.39, 0.29) is 0 Å². The largest absolute Gasteiger partial charge is 0.454 e. The van der Waals surface area contributed by atoms with E-state index < -0.39 is 0 Å². The predicted molar refractivity (Wildman–Crippen MR) is 115 cm³/mol. The van der Waals surface area contributed by atoms with E-state index in [1.54, 1.807) is 0 Å². The number of rotatable bonds is 0. The van der Waals surface area contributed by atoms with Crippen LogP contribution in [0.3, 0.4) is 0 Å². The van der Waals surface area contributed by atoms with Gasteiger partial charge in [-0.2, -0.15) is 0 Å². The molecule has 0 unspecified atom stereocenters. The van der Waals surface area contributed by atoms with Gasteiger partial charge in [-0.1, -0.05) is 48.5 Å². The van der Waals surface area contributed by atoms with Gasteiger partial charge in [0.25, 0.3) is 0 Å². The van der Waals surface area contributed by atoms with Crippen LogP contribution in [0.4, 0.5) is 0 Å². The lowest BCUT2D eigenvalue weighted by atomic mass is 10.1. The number of benzene rings is 4. The summed E-state index contributed by atoms with van der Waals surface area (Å²) in [6.07, 6.45) is 0. The summed E-state index contributed by atoms with van der Waals surface area (Å²) in [4.78, 5) is 0. The number of furan rings is 2. The molecule has 0 saturated carbocycles. The van der Waals surface area contributed by atoms with Crippen molar-refractivity contribution >= 4 is 65.7 Å². The van der Waals surface area contributed by atoms with Gasteiger partial charge >= 0.3 is 0 Å². The minimum atomic E-state index is 0.921. The van der Waals surface area contributed by atoms with Crippen molar-refractivity contribution in [2.75, 3.05) is 0 Å². The maximum absolute atomic E-state index is 6.30. The molecule has 3 aromatic heterocycles. The number of hydrogen-bond donors (Lipinski definition) is 0. The van der Waals surface area contributed by atoms with E-state index in [0.29, 0.717) is 0 Å². The molecule has 0 amide bonds. The summed E-state index contributed by atoms with van der Waals surface area (Å²) in [5.74, 6) is 0. The van der Waals surface area contributed by atoms with Crippen molar-refractivity contribution in [1.29, 1.82) is 0 Å². The van der Waals surface area contributed by atoms with Crippen LogP contribution in [-0.4, -0.2) is 4.57 Å². The van der Waals surface area contributed by atoms with Gasteiger partial charge in [0.2, 0.25) is 0 Å². The number of nitrogens with zero attached hydrogens (tertiary/aromatic N) is 1. The molecule has 132 valence electrons. The second kappa shape index (κ2) is 4.76. The molecule has 0 aliphatic rings. The van der Waals surface area contributed by atoms with Crippen LogP contribution < -0.4 is 0 Å². The van der Waals surface area contributed by atoms with Gasteiger partial charge in [-0.25, -0.2) is 0 Å². The number of fused-ring (bicyclic) bond motifs is 11. The van der Waals surface area contributed by atoms with Crippen LogP contribution in [0.5, 0.6) is 0 Å². The zero-order chi connectivity index (χ0) is 18.4. The molecule has 0 spiro atoms. The number of para-hydroxylation sites is 2. The van der Waals surface area contributed by atoms with Crippen LogP contribution in [0.2, 0.25) is 0 Å². The molecule has 3 heteroatoms. The molecule has 7 aromatic rings. The third kappa shape index (κ3) is 1.57. The highest BCUT2D eigenvalue weighted by Crippen LogP contribution is 2.41. The summed E-state index contributed by atoms with van der Waals surface area (Å²) in [5, 5.41) is 6.97. The Balaban J connectivity index is 1.76. The van der Waals surface area contributed by atoms with Gasteiger partial charge in [-0.05, 0) is 24.3 Å². The van der Waals surface area contributed by atoms with Gasteiger partial charge < -0.3 is 13.4 Å². The SMILES string of the molecule is Cn1c2c(ccc3c4ccccc4oc32)c2ccc3c4ccccc4oc3c21. The van der Waals surface area contributed by atoms with Crippen LogP contribution in [0.25, 0.3) is 65.7 Å². The Morgan fingerprint density at radius 2 is 0.929 bits per heavy atom. The second-order valence-corrected chi connectivity index (χ2v) is 7.43. The Bertz CT molecular complexity index is 1600. The van der Waals surface area contributed by atoms with E-state index >= 15 is 0 Å². The van der Waals surface area contributed by atoms with Gasteiger partial charge in [0.1, 0.15) is 11.2 Å². The predicted octanol–water partition coefficient (Wildman–Crippen LogP) is 7.13. The first-order chi connectivity index (χ1) is 13.8. The van der Waals surface area contributed by atoms with E-state index in [9.17, 15) is 0 Å². The van der Waals surface area contributed by atoms with Crippen LogP contribution >= 0.6 is 0 Å². The van der Waals surface area contributed by atoms with Crippen molar-refractivity contribution in [3.05, 3.63) is 72.8 Å². The van der Waals surface area contributed by atoms with Crippen molar-refractivity contribution in [3.63, 3.8) is 0 Å². The standard InChI is InChI=1S/C25H15NO2/c1-26-22-16(10-12-18-14-6-2-4-8-20(14)27-24(18)22)17-11-13-19-15-7-3-5-9-21(15)28-25(19)23(17)26/h2-13H,1H3. The molecule has 4 aromatic carbocycles. The van der Waals surface area contributed by atoms with E-state index in [2.05, 4.69) is 60.1 Å². The maximum Gasteiger partial charge on any atom is 0.159 e. The fourth-order valence-electron chi connectivity index (χ4n) is 4.76.